The number of aryl methyl sites for hydroxylation is 1. The first-order chi connectivity index (χ1) is 9.52. The Balaban J connectivity index is 2.43. The maximum Gasteiger partial charge on any atom is 0.146 e. The highest BCUT2D eigenvalue weighted by atomic mass is 19.1. The van der Waals surface area contributed by atoms with E-state index < -0.39 is 0 Å². The van der Waals surface area contributed by atoms with Crippen LogP contribution in [0, 0.1) is 12.7 Å². The van der Waals surface area contributed by atoms with Crippen LogP contribution in [0.4, 0.5) is 21.7 Å². The Kier molecular flexibility index (Phi) is 4.17. The number of hydrogen-bond donors (Lipinski definition) is 2. The third-order valence-electron chi connectivity index (χ3n) is 3.08. The summed E-state index contributed by atoms with van der Waals surface area (Å²) < 4.78 is 13.9. The van der Waals surface area contributed by atoms with Crippen LogP contribution in [0.3, 0.4) is 0 Å². The van der Waals surface area contributed by atoms with Gasteiger partial charge in [-0.2, -0.15) is 0 Å². The fourth-order valence-electron chi connectivity index (χ4n) is 2.09. The highest BCUT2D eigenvalue weighted by Gasteiger charge is 2.15. The molecular weight excluding hydrogens is 255 g/mol. The van der Waals surface area contributed by atoms with E-state index in [0.717, 1.165) is 16.9 Å². The Morgan fingerprint density at radius 2 is 1.85 bits per heavy atom. The fraction of sp³-hybridized carbons (Fsp3) is 0.333. The van der Waals surface area contributed by atoms with Crippen molar-refractivity contribution in [1.82, 2.24) is 9.97 Å². The van der Waals surface area contributed by atoms with E-state index in [9.17, 15) is 4.39 Å². The molecule has 0 saturated carbocycles. The van der Waals surface area contributed by atoms with E-state index in [1.165, 1.54) is 12.4 Å². The van der Waals surface area contributed by atoms with E-state index in [2.05, 4.69) is 34.4 Å². The Morgan fingerprint density at radius 3 is 2.45 bits per heavy atom. The summed E-state index contributed by atoms with van der Waals surface area (Å²) in [6.45, 7) is 5.96. The maximum atomic E-state index is 13.9. The van der Waals surface area contributed by atoms with Gasteiger partial charge in [-0.1, -0.05) is 19.9 Å². The minimum absolute atomic E-state index is 0.217. The molecule has 5 heteroatoms. The van der Waals surface area contributed by atoms with Crippen LogP contribution in [0.5, 0.6) is 0 Å². The summed E-state index contributed by atoms with van der Waals surface area (Å²) in [6, 6.07) is 5.08. The largest absolute Gasteiger partial charge is 0.373 e. The van der Waals surface area contributed by atoms with Gasteiger partial charge in [0.25, 0.3) is 0 Å². The molecule has 4 nitrogen and oxygen atoms in total. The predicted molar refractivity (Wildman–Crippen MR) is 80.1 cm³/mol. The average Bonchev–Trinajstić information content (AvgIpc) is 2.41. The van der Waals surface area contributed by atoms with Crippen LogP contribution in [0.1, 0.15) is 30.9 Å². The molecule has 0 aliphatic rings. The molecule has 0 spiro atoms. The van der Waals surface area contributed by atoms with E-state index in [-0.39, 0.29) is 11.7 Å². The first kappa shape index (κ1) is 14.2. The Labute approximate surface area is 118 Å². The van der Waals surface area contributed by atoms with Gasteiger partial charge in [0, 0.05) is 12.6 Å². The molecule has 20 heavy (non-hydrogen) atoms. The first-order valence-corrected chi connectivity index (χ1v) is 6.58. The lowest BCUT2D eigenvalue weighted by Gasteiger charge is -2.17. The zero-order valence-electron chi connectivity index (χ0n) is 12.2. The van der Waals surface area contributed by atoms with Crippen molar-refractivity contribution in [2.75, 3.05) is 17.7 Å². The van der Waals surface area contributed by atoms with Gasteiger partial charge in [-0.25, -0.2) is 14.4 Å². The molecule has 1 aromatic carbocycles. The second kappa shape index (κ2) is 5.86. The predicted octanol–water partition coefficient (Wildman–Crippen LogP) is 3.83. The van der Waals surface area contributed by atoms with Crippen molar-refractivity contribution in [1.29, 1.82) is 0 Å². The van der Waals surface area contributed by atoms with Crippen LogP contribution >= 0.6 is 0 Å². The van der Waals surface area contributed by atoms with Crippen LogP contribution in [-0.2, 0) is 0 Å². The second-order valence-corrected chi connectivity index (χ2v) is 5.00. The van der Waals surface area contributed by atoms with E-state index in [1.807, 2.05) is 20.0 Å². The van der Waals surface area contributed by atoms with Crippen LogP contribution in [0.2, 0.25) is 0 Å². The minimum Gasteiger partial charge on any atom is -0.373 e. The van der Waals surface area contributed by atoms with Crippen molar-refractivity contribution < 1.29 is 4.39 Å². The lowest BCUT2D eigenvalue weighted by molar-refractivity contribution is 0.630. The summed E-state index contributed by atoms with van der Waals surface area (Å²) in [5.74, 6) is 1.31. The molecule has 0 unspecified atom stereocenters. The molecule has 2 rings (SSSR count). The number of rotatable bonds is 4. The SMILES string of the molecule is CNc1ncnc(Nc2ccc(C)cc2F)c1C(C)C. The summed E-state index contributed by atoms with van der Waals surface area (Å²) in [6.07, 6.45) is 1.46. The number of halogens is 1. The minimum atomic E-state index is -0.288. The second-order valence-electron chi connectivity index (χ2n) is 5.00. The molecule has 106 valence electrons. The van der Waals surface area contributed by atoms with Crippen molar-refractivity contribution in [2.45, 2.75) is 26.7 Å². The van der Waals surface area contributed by atoms with Crippen LogP contribution in [0.25, 0.3) is 0 Å². The van der Waals surface area contributed by atoms with Gasteiger partial charge in [-0.15, -0.1) is 0 Å². The Morgan fingerprint density at radius 1 is 1.15 bits per heavy atom. The number of hydrogen-bond acceptors (Lipinski definition) is 4. The van der Waals surface area contributed by atoms with Gasteiger partial charge in [0.05, 0.1) is 5.69 Å². The molecule has 0 radical (unpaired) electrons. The summed E-state index contributed by atoms with van der Waals surface area (Å²) in [5.41, 5.74) is 2.24. The van der Waals surface area contributed by atoms with Crippen molar-refractivity contribution in [3.05, 3.63) is 41.5 Å². The summed E-state index contributed by atoms with van der Waals surface area (Å²) in [5, 5.41) is 6.10. The van der Waals surface area contributed by atoms with Gasteiger partial charge in [-0.05, 0) is 30.5 Å². The smallest absolute Gasteiger partial charge is 0.146 e. The standard InChI is InChI=1S/C15H19FN4/c1-9(2)13-14(17-4)18-8-19-15(13)20-12-6-5-10(3)7-11(12)16/h5-9H,1-4H3,(H2,17,18,19,20). The Hall–Kier alpha value is -2.17. The average molecular weight is 274 g/mol. The van der Waals surface area contributed by atoms with Gasteiger partial charge < -0.3 is 10.6 Å². The third kappa shape index (κ3) is 2.87. The summed E-state index contributed by atoms with van der Waals surface area (Å²) >= 11 is 0. The monoisotopic (exact) mass is 274 g/mol. The molecular formula is C15H19FN4. The molecule has 0 bridgehead atoms. The number of nitrogens with one attached hydrogen (secondary N) is 2. The zero-order valence-corrected chi connectivity index (χ0v) is 12.2. The molecule has 1 heterocycles. The van der Waals surface area contributed by atoms with E-state index in [4.69, 9.17) is 0 Å². The van der Waals surface area contributed by atoms with Crippen molar-refractivity contribution in [2.24, 2.45) is 0 Å². The normalized spacial score (nSPS) is 10.7. The van der Waals surface area contributed by atoms with Crippen molar-refractivity contribution >= 4 is 17.3 Å². The van der Waals surface area contributed by atoms with Gasteiger partial charge in [0.1, 0.15) is 23.8 Å². The fourth-order valence-corrected chi connectivity index (χ4v) is 2.09. The number of nitrogens with zero attached hydrogens (tertiary/aromatic N) is 2. The van der Waals surface area contributed by atoms with Gasteiger partial charge in [-0.3, -0.25) is 0 Å². The van der Waals surface area contributed by atoms with E-state index in [1.54, 1.807) is 6.07 Å². The lowest BCUT2D eigenvalue weighted by atomic mass is 10.0. The van der Waals surface area contributed by atoms with Crippen LogP contribution in [0.15, 0.2) is 24.5 Å². The highest BCUT2D eigenvalue weighted by molar-refractivity contribution is 5.66. The molecule has 1 aromatic heterocycles. The zero-order chi connectivity index (χ0) is 14.7. The van der Waals surface area contributed by atoms with E-state index >= 15 is 0 Å². The molecule has 2 aromatic rings. The van der Waals surface area contributed by atoms with Crippen molar-refractivity contribution in [3.63, 3.8) is 0 Å². The Bertz CT molecular complexity index is 611. The number of benzene rings is 1. The number of anilines is 3. The molecule has 2 N–H and O–H groups in total. The first-order valence-electron chi connectivity index (χ1n) is 6.58. The molecule has 0 fully saturated rings. The highest BCUT2D eigenvalue weighted by Crippen LogP contribution is 2.30. The van der Waals surface area contributed by atoms with Gasteiger partial charge in [0.2, 0.25) is 0 Å². The van der Waals surface area contributed by atoms with E-state index in [0.29, 0.717) is 11.5 Å². The molecule has 0 aliphatic heterocycles. The molecule has 0 aliphatic carbocycles. The van der Waals surface area contributed by atoms with Crippen molar-refractivity contribution in [3.8, 4) is 0 Å². The number of aromatic nitrogens is 2. The van der Waals surface area contributed by atoms with Gasteiger partial charge >= 0.3 is 0 Å². The quantitative estimate of drug-likeness (QED) is 0.889. The molecule has 0 amide bonds. The molecule has 0 atom stereocenters. The topological polar surface area (TPSA) is 49.8 Å². The lowest BCUT2D eigenvalue weighted by Crippen LogP contribution is -2.07. The maximum absolute atomic E-state index is 13.9. The molecule has 0 saturated heterocycles. The summed E-state index contributed by atoms with van der Waals surface area (Å²) in [4.78, 5) is 8.44. The summed E-state index contributed by atoms with van der Waals surface area (Å²) in [7, 11) is 1.81. The van der Waals surface area contributed by atoms with Crippen LogP contribution < -0.4 is 10.6 Å². The van der Waals surface area contributed by atoms with Crippen LogP contribution in [-0.4, -0.2) is 17.0 Å². The van der Waals surface area contributed by atoms with Gasteiger partial charge in [0.15, 0.2) is 0 Å². The third-order valence-corrected chi connectivity index (χ3v) is 3.08.